The van der Waals surface area contributed by atoms with Crippen molar-refractivity contribution in [2.75, 3.05) is 6.54 Å². The van der Waals surface area contributed by atoms with Crippen LogP contribution in [0.1, 0.15) is 26.7 Å². The van der Waals surface area contributed by atoms with Crippen LogP contribution in [0, 0.1) is 5.92 Å². The van der Waals surface area contributed by atoms with Gasteiger partial charge >= 0.3 is 0 Å². The fourth-order valence-corrected chi connectivity index (χ4v) is 1.50. The van der Waals surface area contributed by atoms with Crippen LogP contribution in [0.5, 0.6) is 0 Å². The third kappa shape index (κ3) is 1.81. The van der Waals surface area contributed by atoms with Crippen LogP contribution in [0.2, 0.25) is 0 Å². The Morgan fingerprint density at radius 2 is 2.30 bits per heavy atom. The van der Waals surface area contributed by atoms with Crippen molar-refractivity contribution in [1.82, 2.24) is 5.32 Å². The number of ketones is 1. The van der Waals surface area contributed by atoms with Gasteiger partial charge in [0.2, 0.25) is 0 Å². The number of rotatable bonds is 1. The number of hydrogen-bond acceptors (Lipinski definition) is 2. The van der Waals surface area contributed by atoms with E-state index in [1.54, 1.807) is 6.92 Å². The fraction of sp³-hybridized carbons (Fsp3) is 0.875. The van der Waals surface area contributed by atoms with Gasteiger partial charge in [-0.15, -0.1) is 0 Å². The molecule has 0 saturated carbocycles. The molecule has 1 N–H and O–H groups in total. The summed E-state index contributed by atoms with van der Waals surface area (Å²) in [7, 11) is 0. The molecule has 0 aromatic rings. The molecular formula is C8H15NO. The summed E-state index contributed by atoms with van der Waals surface area (Å²) in [6.45, 7) is 4.84. The summed E-state index contributed by atoms with van der Waals surface area (Å²) in [4.78, 5) is 10.9. The molecule has 1 rings (SSSR count). The molecule has 10 heavy (non-hydrogen) atoms. The molecule has 1 aliphatic rings. The maximum Gasteiger partial charge on any atom is 0.133 e. The molecule has 0 aromatic heterocycles. The van der Waals surface area contributed by atoms with Gasteiger partial charge in [-0.2, -0.15) is 0 Å². The van der Waals surface area contributed by atoms with Crippen LogP contribution < -0.4 is 5.32 Å². The molecule has 0 unspecified atom stereocenters. The first kappa shape index (κ1) is 7.73. The predicted octanol–water partition coefficient (Wildman–Crippen LogP) is 0.964. The minimum atomic E-state index is 0.330. The highest BCUT2D eigenvalue weighted by Gasteiger charge is 2.21. The Bertz CT molecular complexity index is 133. The quantitative estimate of drug-likeness (QED) is 0.589. The Morgan fingerprint density at radius 3 is 2.70 bits per heavy atom. The van der Waals surface area contributed by atoms with Gasteiger partial charge in [0.15, 0.2) is 0 Å². The number of piperidine rings is 1. The van der Waals surface area contributed by atoms with Crippen molar-refractivity contribution in [3.8, 4) is 0 Å². The van der Waals surface area contributed by atoms with Gasteiger partial charge in [0.1, 0.15) is 5.78 Å². The van der Waals surface area contributed by atoms with E-state index >= 15 is 0 Å². The minimum Gasteiger partial charge on any atom is -0.314 e. The smallest absolute Gasteiger partial charge is 0.133 e. The number of hydrogen-bond donors (Lipinski definition) is 1. The van der Waals surface area contributed by atoms with Gasteiger partial charge in [0.25, 0.3) is 0 Å². The molecule has 1 heterocycles. The van der Waals surface area contributed by atoms with Gasteiger partial charge in [-0.3, -0.25) is 4.79 Å². The second-order valence-corrected chi connectivity index (χ2v) is 3.19. The third-order valence-electron chi connectivity index (χ3n) is 2.20. The zero-order chi connectivity index (χ0) is 7.56. The summed E-state index contributed by atoms with van der Waals surface area (Å²) in [5.41, 5.74) is 0. The first-order chi connectivity index (χ1) is 4.70. The van der Waals surface area contributed by atoms with Gasteiger partial charge < -0.3 is 5.32 Å². The molecule has 0 aromatic carbocycles. The Hall–Kier alpha value is -0.370. The number of Topliss-reactive ketones (excluding diaryl/α,β-unsaturated/α-hetero) is 1. The number of carbonyl (C=O) groups is 1. The molecule has 1 aliphatic heterocycles. The zero-order valence-electron chi connectivity index (χ0n) is 6.68. The van der Waals surface area contributed by atoms with Crippen molar-refractivity contribution >= 4 is 5.78 Å². The van der Waals surface area contributed by atoms with E-state index in [2.05, 4.69) is 12.2 Å². The van der Waals surface area contributed by atoms with E-state index in [-0.39, 0.29) is 0 Å². The van der Waals surface area contributed by atoms with E-state index in [4.69, 9.17) is 0 Å². The van der Waals surface area contributed by atoms with Crippen LogP contribution in [-0.4, -0.2) is 18.4 Å². The second kappa shape index (κ2) is 3.15. The average Bonchev–Trinajstić information content (AvgIpc) is 1.88. The Morgan fingerprint density at radius 1 is 1.60 bits per heavy atom. The van der Waals surface area contributed by atoms with E-state index in [1.165, 1.54) is 0 Å². The summed E-state index contributed by atoms with van der Waals surface area (Å²) in [6, 6.07) is 0.530. The van der Waals surface area contributed by atoms with Crippen molar-refractivity contribution < 1.29 is 4.79 Å². The van der Waals surface area contributed by atoms with E-state index in [9.17, 15) is 4.79 Å². The molecule has 2 nitrogen and oxygen atoms in total. The van der Waals surface area contributed by atoms with Crippen molar-refractivity contribution in [3.63, 3.8) is 0 Å². The summed E-state index contributed by atoms with van der Waals surface area (Å²) < 4.78 is 0. The summed E-state index contributed by atoms with van der Waals surface area (Å²) in [6.07, 6.45) is 2.05. The van der Waals surface area contributed by atoms with Crippen LogP contribution in [0.25, 0.3) is 0 Å². The van der Waals surface area contributed by atoms with Crippen LogP contribution in [0.3, 0.4) is 0 Å². The van der Waals surface area contributed by atoms with Crippen LogP contribution in [-0.2, 0) is 4.79 Å². The minimum absolute atomic E-state index is 0.330. The molecule has 1 saturated heterocycles. The second-order valence-electron chi connectivity index (χ2n) is 3.19. The van der Waals surface area contributed by atoms with E-state index in [1.807, 2.05) is 0 Å². The summed E-state index contributed by atoms with van der Waals surface area (Å²) >= 11 is 0. The standard InChI is InChI=1S/C8H15NO/c1-6-5-8(7(2)10)3-4-9-6/h6,8-9H,3-5H2,1-2H3/t6-,8-/m1/s1. The highest BCUT2D eigenvalue weighted by Crippen LogP contribution is 2.16. The largest absolute Gasteiger partial charge is 0.314 e. The average molecular weight is 141 g/mol. The first-order valence-corrected chi connectivity index (χ1v) is 3.94. The lowest BCUT2D eigenvalue weighted by molar-refractivity contribution is -0.121. The molecule has 58 valence electrons. The van der Waals surface area contributed by atoms with Gasteiger partial charge in [-0.05, 0) is 33.2 Å². The molecule has 0 bridgehead atoms. The lowest BCUT2D eigenvalue weighted by atomic mass is 9.90. The zero-order valence-corrected chi connectivity index (χ0v) is 6.68. The summed E-state index contributed by atoms with van der Waals surface area (Å²) in [5, 5.41) is 3.31. The monoisotopic (exact) mass is 141 g/mol. The predicted molar refractivity (Wildman–Crippen MR) is 40.9 cm³/mol. The number of nitrogens with one attached hydrogen (secondary N) is 1. The molecular weight excluding hydrogens is 126 g/mol. The van der Waals surface area contributed by atoms with E-state index in [0.29, 0.717) is 17.7 Å². The molecule has 1 fully saturated rings. The number of carbonyl (C=O) groups excluding carboxylic acids is 1. The van der Waals surface area contributed by atoms with Gasteiger partial charge in [0.05, 0.1) is 0 Å². The van der Waals surface area contributed by atoms with Crippen molar-refractivity contribution in [3.05, 3.63) is 0 Å². The lowest BCUT2D eigenvalue weighted by Gasteiger charge is -2.25. The van der Waals surface area contributed by atoms with Crippen molar-refractivity contribution in [2.45, 2.75) is 32.7 Å². The molecule has 0 amide bonds. The van der Waals surface area contributed by atoms with Gasteiger partial charge in [-0.25, -0.2) is 0 Å². The van der Waals surface area contributed by atoms with E-state index in [0.717, 1.165) is 19.4 Å². The first-order valence-electron chi connectivity index (χ1n) is 3.94. The van der Waals surface area contributed by atoms with Crippen molar-refractivity contribution in [1.29, 1.82) is 0 Å². The SMILES string of the molecule is CC(=O)[C@@H]1CCN[C@H](C)C1. The van der Waals surface area contributed by atoms with Crippen LogP contribution in [0.15, 0.2) is 0 Å². The normalized spacial score (nSPS) is 33.8. The lowest BCUT2D eigenvalue weighted by Crippen LogP contribution is -2.37. The molecule has 2 heteroatoms. The maximum absolute atomic E-state index is 10.9. The molecule has 2 atom stereocenters. The Labute approximate surface area is 62.0 Å². The van der Waals surface area contributed by atoms with E-state index < -0.39 is 0 Å². The van der Waals surface area contributed by atoms with Crippen LogP contribution in [0.4, 0.5) is 0 Å². The molecule has 0 spiro atoms. The summed E-state index contributed by atoms with van der Waals surface area (Å²) in [5.74, 6) is 0.685. The highest BCUT2D eigenvalue weighted by atomic mass is 16.1. The Kier molecular flexibility index (Phi) is 2.44. The molecule has 0 radical (unpaired) electrons. The maximum atomic E-state index is 10.9. The molecule has 0 aliphatic carbocycles. The van der Waals surface area contributed by atoms with Gasteiger partial charge in [0, 0.05) is 12.0 Å². The third-order valence-corrected chi connectivity index (χ3v) is 2.20. The Balaban J connectivity index is 2.39. The fourth-order valence-electron chi connectivity index (χ4n) is 1.50. The van der Waals surface area contributed by atoms with Crippen molar-refractivity contribution in [2.24, 2.45) is 5.92 Å². The topological polar surface area (TPSA) is 29.1 Å². The van der Waals surface area contributed by atoms with Gasteiger partial charge in [-0.1, -0.05) is 0 Å². The van der Waals surface area contributed by atoms with Crippen LogP contribution >= 0.6 is 0 Å². The highest BCUT2D eigenvalue weighted by molar-refractivity contribution is 5.78.